The summed E-state index contributed by atoms with van der Waals surface area (Å²) in [5.74, 6) is 1.42. The molecule has 0 saturated carbocycles. The first kappa shape index (κ1) is 22.8. The summed E-state index contributed by atoms with van der Waals surface area (Å²) in [5.41, 5.74) is 3.73. The fourth-order valence-corrected chi connectivity index (χ4v) is 4.03. The Morgan fingerprint density at radius 2 is 1.32 bits per heavy atom. The van der Waals surface area contributed by atoms with Crippen molar-refractivity contribution in [1.82, 2.24) is 5.32 Å². The second-order valence-corrected chi connectivity index (χ2v) is 7.67. The molecule has 31 heavy (non-hydrogen) atoms. The highest BCUT2D eigenvalue weighted by Gasteiger charge is 2.30. The molecule has 2 aromatic carbocycles. The van der Waals surface area contributed by atoms with Crippen LogP contribution in [0.3, 0.4) is 0 Å². The number of benzene rings is 2. The molecule has 1 aliphatic heterocycles. The molecule has 1 N–H and O–H groups in total. The molecule has 0 bridgehead atoms. The molecule has 0 aliphatic carbocycles. The molecule has 0 unspecified atom stereocenters. The van der Waals surface area contributed by atoms with Gasteiger partial charge in [-0.25, -0.2) is 4.79 Å². The van der Waals surface area contributed by atoms with Gasteiger partial charge in [-0.1, -0.05) is 13.3 Å². The predicted octanol–water partition coefficient (Wildman–Crippen LogP) is 6.13. The summed E-state index contributed by atoms with van der Waals surface area (Å²) in [5, 5.41) is 3.07. The number of hydrogen-bond donors (Lipinski definition) is 1. The zero-order valence-corrected chi connectivity index (χ0v) is 19.6. The number of hydrogen-bond acceptors (Lipinski definition) is 4. The minimum absolute atomic E-state index is 0.120. The molecule has 2 aromatic rings. The first-order valence-corrected chi connectivity index (χ1v) is 11.6. The molecule has 168 valence electrons. The van der Waals surface area contributed by atoms with E-state index in [9.17, 15) is 4.79 Å². The summed E-state index contributed by atoms with van der Waals surface area (Å²) in [7, 11) is 0. The predicted molar refractivity (Wildman–Crippen MR) is 131 cm³/mol. The molecule has 2 amide bonds. The Hall–Kier alpha value is -2.89. The van der Waals surface area contributed by atoms with Crippen LogP contribution in [0.5, 0.6) is 11.5 Å². The van der Waals surface area contributed by atoms with Gasteiger partial charge in [0, 0.05) is 56.2 Å². The lowest BCUT2D eigenvalue weighted by atomic mass is 10.1. The van der Waals surface area contributed by atoms with Crippen molar-refractivity contribution in [1.29, 1.82) is 0 Å². The van der Waals surface area contributed by atoms with Gasteiger partial charge in [-0.3, -0.25) is 4.90 Å². The molecule has 0 saturated heterocycles. The second-order valence-electron chi connectivity index (χ2n) is 7.67. The average molecular weight is 425 g/mol. The smallest absolute Gasteiger partial charge is 0.326 e. The quantitative estimate of drug-likeness (QED) is 0.492. The first-order chi connectivity index (χ1) is 15.1. The van der Waals surface area contributed by atoms with Crippen LogP contribution in [0.15, 0.2) is 36.4 Å². The largest absolute Gasteiger partial charge is 0.453 e. The summed E-state index contributed by atoms with van der Waals surface area (Å²) in [4.78, 5) is 19.5. The van der Waals surface area contributed by atoms with Gasteiger partial charge in [0.15, 0.2) is 11.5 Å². The highest BCUT2D eigenvalue weighted by Crippen LogP contribution is 2.49. The van der Waals surface area contributed by atoms with Gasteiger partial charge in [-0.15, -0.1) is 0 Å². The molecule has 6 nitrogen and oxygen atoms in total. The summed E-state index contributed by atoms with van der Waals surface area (Å²) in [6.45, 7) is 15.0. The monoisotopic (exact) mass is 424 g/mol. The van der Waals surface area contributed by atoms with E-state index >= 15 is 0 Å². The number of nitrogens with zero attached hydrogens (tertiary/aromatic N) is 3. The van der Waals surface area contributed by atoms with E-state index in [0.717, 1.165) is 61.8 Å². The van der Waals surface area contributed by atoms with Gasteiger partial charge in [0.2, 0.25) is 0 Å². The zero-order chi connectivity index (χ0) is 22.4. The van der Waals surface area contributed by atoms with Crippen LogP contribution in [0.4, 0.5) is 27.5 Å². The maximum absolute atomic E-state index is 13.2. The number of nitrogens with one attached hydrogen (secondary N) is 1. The highest BCUT2D eigenvalue weighted by molar-refractivity contribution is 6.04. The number of amides is 2. The van der Waals surface area contributed by atoms with Crippen molar-refractivity contribution in [3.8, 4) is 11.5 Å². The molecular weight excluding hydrogens is 388 g/mol. The summed E-state index contributed by atoms with van der Waals surface area (Å²) in [6, 6.07) is 12.1. The van der Waals surface area contributed by atoms with Gasteiger partial charge < -0.3 is 19.9 Å². The normalized spacial score (nSPS) is 12.0. The maximum Gasteiger partial charge on any atom is 0.326 e. The van der Waals surface area contributed by atoms with E-state index < -0.39 is 0 Å². The molecule has 0 radical (unpaired) electrons. The van der Waals surface area contributed by atoms with Crippen molar-refractivity contribution in [2.45, 2.75) is 47.5 Å². The minimum Gasteiger partial charge on any atom is -0.453 e. The highest BCUT2D eigenvalue weighted by atomic mass is 16.5. The second kappa shape index (κ2) is 10.4. The van der Waals surface area contributed by atoms with E-state index in [-0.39, 0.29) is 6.03 Å². The number of urea groups is 1. The number of ether oxygens (including phenoxy) is 1. The Morgan fingerprint density at radius 3 is 1.74 bits per heavy atom. The Morgan fingerprint density at radius 1 is 0.839 bits per heavy atom. The van der Waals surface area contributed by atoms with Gasteiger partial charge in [0.05, 0.1) is 11.4 Å². The summed E-state index contributed by atoms with van der Waals surface area (Å²) >= 11 is 0. The minimum atomic E-state index is -0.120. The lowest BCUT2D eigenvalue weighted by Gasteiger charge is -2.33. The fourth-order valence-electron chi connectivity index (χ4n) is 4.03. The topological polar surface area (TPSA) is 48.1 Å². The standard InChI is InChI=1S/C25H36N4O2/c1-6-11-16-26-25(30)29-21-14-12-19(27(7-2)8-3)17-23(21)31-24-18-20(13-15-22(24)29)28(9-4)10-5/h12-15,17-18H,6-11,16H2,1-5H3,(H,26,30). The van der Waals surface area contributed by atoms with Crippen LogP contribution in [0, 0.1) is 0 Å². The van der Waals surface area contributed by atoms with Gasteiger partial charge in [0.1, 0.15) is 0 Å². The Labute approximate surface area is 186 Å². The Bertz CT molecular complexity index is 830. The summed E-state index contributed by atoms with van der Waals surface area (Å²) < 4.78 is 6.37. The molecular formula is C25H36N4O2. The van der Waals surface area contributed by atoms with Gasteiger partial charge in [-0.05, 0) is 58.4 Å². The molecule has 1 heterocycles. The van der Waals surface area contributed by atoms with Gasteiger partial charge >= 0.3 is 6.03 Å². The van der Waals surface area contributed by atoms with E-state index in [1.165, 1.54) is 0 Å². The van der Waals surface area contributed by atoms with Gasteiger partial charge in [-0.2, -0.15) is 0 Å². The third-order valence-electron chi connectivity index (χ3n) is 5.86. The molecule has 3 rings (SSSR count). The summed E-state index contributed by atoms with van der Waals surface area (Å²) in [6.07, 6.45) is 1.99. The van der Waals surface area contributed by atoms with E-state index in [4.69, 9.17) is 4.74 Å². The number of fused-ring (bicyclic) bond motifs is 2. The lowest BCUT2D eigenvalue weighted by Crippen LogP contribution is -2.38. The number of unbranched alkanes of at least 4 members (excludes halogenated alkanes) is 1. The lowest BCUT2D eigenvalue weighted by molar-refractivity contribution is 0.247. The Kier molecular flexibility index (Phi) is 7.66. The molecule has 1 aliphatic rings. The van der Waals surface area contributed by atoms with Crippen LogP contribution < -0.4 is 24.8 Å². The van der Waals surface area contributed by atoms with E-state index in [0.29, 0.717) is 18.0 Å². The Balaban J connectivity index is 2.04. The van der Waals surface area contributed by atoms with E-state index in [1.807, 2.05) is 24.3 Å². The van der Waals surface area contributed by atoms with Crippen LogP contribution in [0.2, 0.25) is 0 Å². The van der Waals surface area contributed by atoms with Crippen LogP contribution in [0.1, 0.15) is 47.5 Å². The van der Waals surface area contributed by atoms with Gasteiger partial charge in [0.25, 0.3) is 0 Å². The molecule has 0 aromatic heterocycles. The van der Waals surface area contributed by atoms with Crippen molar-refractivity contribution in [2.75, 3.05) is 47.4 Å². The third-order valence-corrected chi connectivity index (χ3v) is 5.86. The van der Waals surface area contributed by atoms with Crippen molar-refractivity contribution in [3.05, 3.63) is 36.4 Å². The molecule has 0 fully saturated rings. The maximum atomic E-state index is 13.2. The third kappa shape index (κ3) is 4.73. The number of rotatable bonds is 9. The van der Waals surface area contributed by atoms with E-state index in [1.54, 1.807) is 4.90 Å². The number of carbonyl (C=O) groups is 1. The van der Waals surface area contributed by atoms with Crippen molar-refractivity contribution < 1.29 is 9.53 Å². The van der Waals surface area contributed by atoms with Crippen molar-refractivity contribution in [2.24, 2.45) is 0 Å². The van der Waals surface area contributed by atoms with Crippen LogP contribution >= 0.6 is 0 Å². The van der Waals surface area contributed by atoms with Crippen molar-refractivity contribution in [3.63, 3.8) is 0 Å². The van der Waals surface area contributed by atoms with Crippen molar-refractivity contribution >= 4 is 28.8 Å². The van der Waals surface area contributed by atoms with E-state index in [2.05, 4.69) is 61.9 Å². The van der Waals surface area contributed by atoms with Crippen LogP contribution in [-0.4, -0.2) is 38.8 Å². The molecule has 0 atom stereocenters. The zero-order valence-electron chi connectivity index (χ0n) is 19.6. The number of anilines is 4. The first-order valence-electron chi connectivity index (χ1n) is 11.6. The SMILES string of the molecule is CCCCNC(=O)N1c2ccc(N(CC)CC)cc2Oc2cc(N(CC)CC)ccc21. The average Bonchev–Trinajstić information content (AvgIpc) is 2.79. The van der Waals surface area contributed by atoms with Crippen LogP contribution in [0.25, 0.3) is 0 Å². The number of carbonyl (C=O) groups excluding carboxylic acids is 1. The van der Waals surface area contributed by atoms with Crippen LogP contribution in [-0.2, 0) is 0 Å². The molecule has 6 heteroatoms. The fraction of sp³-hybridized carbons (Fsp3) is 0.480. The molecule has 0 spiro atoms.